The van der Waals surface area contributed by atoms with E-state index in [1.165, 1.54) is 6.92 Å². The molecule has 1 aromatic carbocycles. The van der Waals surface area contributed by atoms with Crippen molar-refractivity contribution in [1.82, 2.24) is 0 Å². The number of nitrogens with zero attached hydrogens (tertiary/aromatic N) is 1. The van der Waals surface area contributed by atoms with Crippen LogP contribution >= 0.6 is 0 Å². The molecule has 2 unspecified atom stereocenters. The van der Waals surface area contributed by atoms with Crippen molar-refractivity contribution in [1.29, 1.82) is 0 Å². The van der Waals surface area contributed by atoms with Gasteiger partial charge in [0.1, 0.15) is 5.69 Å². The van der Waals surface area contributed by atoms with Gasteiger partial charge in [0.25, 0.3) is 5.69 Å². The van der Waals surface area contributed by atoms with E-state index < -0.39 is 34.5 Å². The average Bonchev–Trinajstić information content (AvgIpc) is 2.34. The fraction of sp³-hybridized carbons (Fsp3) is 0.455. The highest BCUT2D eigenvalue weighted by atomic mass is 19.4. The molecule has 0 heterocycles. The van der Waals surface area contributed by atoms with Gasteiger partial charge in [-0.3, -0.25) is 10.1 Å². The molecule has 112 valence electrons. The zero-order valence-corrected chi connectivity index (χ0v) is 10.5. The van der Waals surface area contributed by atoms with Crippen LogP contribution in [-0.4, -0.2) is 28.7 Å². The summed E-state index contributed by atoms with van der Waals surface area (Å²) in [5, 5.41) is 22.5. The number of benzene rings is 1. The topological polar surface area (TPSA) is 101 Å². The van der Waals surface area contributed by atoms with Crippen LogP contribution in [0.15, 0.2) is 18.2 Å². The molecular formula is C11H14F3N3O3. The third-order valence-corrected chi connectivity index (χ3v) is 2.67. The maximum absolute atomic E-state index is 12.5. The van der Waals surface area contributed by atoms with E-state index >= 15 is 0 Å². The van der Waals surface area contributed by atoms with Crippen molar-refractivity contribution in [2.24, 2.45) is 5.73 Å². The largest absolute Gasteiger partial charge is 0.416 e. The first-order chi connectivity index (χ1) is 9.12. The van der Waals surface area contributed by atoms with E-state index in [2.05, 4.69) is 5.32 Å². The van der Waals surface area contributed by atoms with Crippen molar-refractivity contribution >= 4 is 11.4 Å². The van der Waals surface area contributed by atoms with Crippen molar-refractivity contribution in [2.75, 3.05) is 11.9 Å². The van der Waals surface area contributed by atoms with Gasteiger partial charge in [0.05, 0.1) is 16.6 Å². The lowest BCUT2D eigenvalue weighted by atomic mass is 10.1. The number of nitrogens with two attached hydrogens (primary N) is 1. The molecule has 0 amide bonds. The molecule has 0 spiro atoms. The molecule has 4 N–H and O–H groups in total. The highest BCUT2D eigenvalue weighted by Crippen LogP contribution is 2.34. The zero-order chi connectivity index (χ0) is 15.5. The number of alkyl halides is 3. The van der Waals surface area contributed by atoms with E-state index in [0.29, 0.717) is 6.07 Å². The van der Waals surface area contributed by atoms with Gasteiger partial charge in [-0.25, -0.2) is 0 Å². The minimum absolute atomic E-state index is 0.0100. The smallest absolute Gasteiger partial charge is 0.392 e. The van der Waals surface area contributed by atoms with Gasteiger partial charge >= 0.3 is 6.18 Å². The number of halogens is 3. The lowest BCUT2D eigenvalue weighted by molar-refractivity contribution is -0.384. The second-order valence-corrected chi connectivity index (χ2v) is 4.27. The van der Waals surface area contributed by atoms with Crippen molar-refractivity contribution in [3.05, 3.63) is 33.9 Å². The summed E-state index contributed by atoms with van der Waals surface area (Å²) in [6.45, 7) is 1.43. The van der Waals surface area contributed by atoms with Crippen molar-refractivity contribution in [3.63, 3.8) is 0 Å². The van der Waals surface area contributed by atoms with E-state index in [-0.39, 0.29) is 12.2 Å². The highest BCUT2D eigenvalue weighted by Gasteiger charge is 2.33. The molecule has 1 aromatic rings. The molecule has 0 aliphatic carbocycles. The molecule has 6 nitrogen and oxygen atoms in total. The summed E-state index contributed by atoms with van der Waals surface area (Å²) in [7, 11) is 0. The summed E-state index contributed by atoms with van der Waals surface area (Å²) in [5.41, 5.74) is 3.64. The van der Waals surface area contributed by atoms with Gasteiger partial charge in [0.15, 0.2) is 0 Å². The van der Waals surface area contributed by atoms with E-state index in [1.54, 1.807) is 0 Å². The number of nitro groups is 1. The van der Waals surface area contributed by atoms with Crippen LogP contribution in [-0.2, 0) is 6.18 Å². The van der Waals surface area contributed by atoms with Crippen LogP contribution < -0.4 is 11.1 Å². The second kappa shape index (κ2) is 6.06. The third-order valence-electron chi connectivity index (χ3n) is 2.67. The first kappa shape index (κ1) is 16.2. The molecule has 0 saturated heterocycles. The Kier molecular flexibility index (Phi) is 4.90. The van der Waals surface area contributed by atoms with Gasteiger partial charge < -0.3 is 16.2 Å². The Morgan fingerprint density at radius 3 is 2.55 bits per heavy atom. The summed E-state index contributed by atoms with van der Waals surface area (Å²) < 4.78 is 37.5. The lowest BCUT2D eigenvalue weighted by Gasteiger charge is -2.16. The van der Waals surface area contributed by atoms with Crippen molar-refractivity contribution in [3.8, 4) is 0 Å². The van der Waals surface area contributed by atoms with Gasteiger partial charge in [-0.2, -0.15) is 13.2 Å². The average molecular weight is 293 g/mol. The summed E-state index contributed by atoms with van der Waals surface area (Å²) in [6.07, 6.45) is -5.50. The minimum atomic E-state index is -4.65. The van der Waals surface area contributed by atoms with Crippen LogP contribution in [0.4, 0.5) is 24.5 Å². The Morgan fingerprint density at radius 2 is 2.10 bits per heavy atom. The molecule has 0 aliphatic rings. The van der Waals surface area contributed by atoms with Gasteiger partial charge in [-0.05, 0) is 19.1 Å². The van der Waals surface area contributed by atoms with E-state index in [4.69, 9.17) is 5.73 Å². The Hall–Kier alpha value is -1.87. The molecule has 0 aromatic heterocycles. The first-order valence-corrected chi connectivity index (χ1v) is 5.66. The Morgan fingerprint density at radius 1 is 1.50 bits per heavy atom. The fourth-order valence-corrected chi connectivity index (χ4v) is 1.41. The Labute approximate surface area is 112 Å². The number of nitro benzene ring substituents is 1. The number of rotatable bonds is 5. The molecule has 1 rings (SSSR count). The molecule has 0 bridgehead atoms. The SMILES string of the molecule is CC(O)C(N)CNc1ccc(C(F)(F)F)cc1[N+](=O)[O-]. The standard InChI is InChI=1S/C11H14F3N3O3/c1-6(18)8(15)5-16-9-3-2-7(11(12,13)14)4-10(9)17(19)20/h2-4,6,8,16,18H,5,15H2,1H3. The molecule has 0 fully saturated rings. The highest BCUT2D eigenvalue weighted by molar-refractivity contribution is 5.63. The van der Waals surface area contributed by atoms with Gasteiger partial charge in [0, 0.05) is 18.7 Å². The molecular weight excluding hydrogens is 279 g/mol. The van der Waals surface area contributed by atoms with Crippen LogP contribution in [0.2, 0.25) is 0 Å². The number of aliphatic hydroxyl groups excluding tert-OH is 1. The van der Waals surface area contributed by atoms with Gasteiger partial charge in [0.2, 0.25) is 0 Å². The fourth-order valence-electron chi connectivity index (χ4n) is 1.41. The number of hydrogen-bond acceptors (Lipinski definition) is 5. The predicted octanol–water partition coefficient (Wildman–Crippen LogP) is 1.73. The maximum Gasteiger partial charge on any atom is 0.416 e. The monoisotopic (exact) mass is 293 g/mol. The first-order valence-electron chi connectivity index (χ1n) is 5.66. The van der Waals surface area contributed by atoms with Gasteiger partial charge in [-0.15, -0.1) is 0 Å². The summed E-state index contributed by atoms with van der Waals surface area (Å²) in [5.74, 6) is 0. The minimum Gasteiger partial charge on any atom is -0.392 e. The molecule has 2 atom stereocenters. The normalized spacial score (nSPS) is 14.7. The lowest BCUT2D eigenvalue weighted by Crippen LogP contribution is -2.38. The van der Waals surface area contributed by atoms with E-state index in [9.17, 15) is 28.4 Å². The summed E-state index contributed by atoms with van der Waals surface area (Å²) >= 11 is 0. The number of aliphatic hydroxyl groups is 1. The zero-order valence-electron chi connectivity index (χ0n) is 10.5. The number of hydrogen-bond donors (Lipinski definition) is 3. The van der Waals surface area contributed by atoms with Crippen LogP contribution in [0.25, 0.3) is 0 Å². The van der Waals surface area contributed by atoms with Crippen LogP contribution in [0.1, 0.15) is 12.5 Å². The maximum atomic E-state index is 12.5. The molecule has 9 heteroatoms. The predicted molar refractivity (Wildman–Crippen MR) is 66.2 cm³/mol. The van der Waals surface area contributed by atoms with Crippen LogP contribution in [0.3, 0.4) is 0 Å². The van der Waals surface area contributed by atoms with E-state index in [0.717, 1.165) is 12.1 Å². The van der Waals surface area contributed by atoms with Gasteiger partial charge in [-0.1, -0.05) is 0 Å². The second-order valence-electron chi connectivity index (χ2n) is 4.27. The molecule has 20 heavy (non-hydrogen) atoms. The summed E-state index contributed by atoms with van der Waals surface area (Å²) in [4.78, 5) is 9.89. The Balaban J connectivity index is 3.00. The molecule has 0 saturated carbocycles. The molecule has 0 aliphatic heterocycles. The number of nitrogens with one attached hydrogen (secondary N) is 1. The van der Waals surface area contributed by atoms with E-state index in [1.807, 2.05) is 0 Å². The third kappa shape index (κ3) is 4.07. The summed E-state index contributed by atoms with van der Waals surface area (Å²) in [6, 6.07) is 1.46. The number of anilines is 1. The molecule has 0 radical (unpaired) electrons. The van der Waals surface area contributed by atoms with Crippen LogP contribution in [0.5, 0.6) is 0 Å². The van der Waals surface area contributed by atoms with Crippen molar-refractivity contribution < 1.29 is 23.2 Å². The Bertz CT molecular complexity index is 492. The van der Waals surface area contributed by atoms with Crippen molar-refractivity contribution in [2.45, 2.75) is 25.2 Å². The van der Waals surface area contributed by atoms with Crippen LogP contribution in [0, 0.1) is 10.1 Å². The quantitative estimate of drug-likeness (QED) is 0.567.